The summed E-state index contributed by atoms with van der Waals surface area (Å²) < 4.78 is 25.7. The number of pyridine rings is 1. The van der Waals surface area contributed by atoms with E-state index in [0.717, 1.165) is 17.0 Å². The van der Waals surface area contributed by atoms with Gasteiger partial charge < -0.3 is 4.57 Å². The van der Waals surface area contributed by atoms with Gasteiger partial charge in [-0.15, -0.1) is 11.6 Å². The molecule has 1 atom stereocenters. The molecule has 0 amide bonds. The Morgan fingerprint density at radius 2 is 2.30 bits per heavy atom. The van der Waals surface area contributed by atoms with Crippen LogP contribution in [-0.4, -0.2) is 40.3 Å². The third kappa shape index (κ3) is 2.20. The molecule has 1 unspecified atom stereocenters. The van der Waals surface area contributed by atoms with Gasteiger partial charge in [-0.3, -0.25) is 0 Å². The topological polar surface area (TPSA) is 64.8 Å². The summed E-state index contributed by atoms with van der Waals surface area (Å²) in [5.41, 5.74) is 1.05. The van der Waals surface area contributed by atoms with Crippen molar-refractivity contribution in [3.8, 4) is 0 Å². The lowest BCUT2D eigenvalue weighted by Crippen LogP contribution is -2.33. The van der Waals surface area contributed by atoms with Crippen LogP contribution in [0.2, 0.25) is 0 Å². The first-order valence-electron chi connectivity index (χ1n) is 6.54. The molecule has 0 aliphatic carbocycles. The number of fused-ring (bicyclic) bond motifs is 1. The summed E-state index contributed by atoms with van der Waals surface area (Å²) in [6.07, 6.45) is 2.90. The van der Waals surface area contributed by atoms with E-state index in [4.69, 9.17) is 11.6 Å². The second-order valence-corrected chi connectivity index (χ2v) is 8.05. The minimum Gasteiger partial charge on any atom is -0.306 e. The van der Waals surface area contributed by atoms with E-state index in [-0.39, 0.29) is 11.5 Å². The molecule has 2 aromatic heterocycles. The van der Waals surface area contributed by atoms with E-state index >= 15 is 0 Å². The number of halogens is 1. The Balaban J connectivity index is 2.21. The molecule has 1 saturated heterocycles. The van der Waals surface area contributed by atoms with Gasteiger partial charge in [0.25, 0.3) is 0 Å². The van der Waals surface area contributed by atoms with Crippen LogP contribution in [0.5, 0.6) is 0 Å². The maximum atomic E-state index is 11.9. The van der Waals surface area contributed by atoms with Gasteiger partial charge in [0.2, 0.25) is 0 Å². The average molecular weight is 314 g/mol. The van der Waals surface area contributed by atoms with Crippen LogP contribution in [0.1, 0.15) is 19.2 Å². The molecule has 1 aliphatic rings. The maximum Gasteiger partial charge on any atom is 0.160 e. The number of rotatable bonds is 3. The molecule has 3 rings (SSSR count). The van der Waals surface area contributed by atoms with Gasteiger partial charge in [-0.1, -0.05) is 0 Å². The Kier molecular flexibility index (Phi) is 3.25. The second-order valence-electron chi connectivity index (χ2n) is 5.49. The van der Waals surface area contributed by atoms with Crippen LogP contribution in [0.15, 0.2) is 18.3 Å². The number of aryl methyl sites for hydroxylation is 1. The Morgan fingerprint density at radius 1 is 1.50 bits per heavy atom. The summed E-state index contributed by atoms with van der Waals surface area (Å²) in [7, 11) is -2.99. The fourth-order valence-corrected chi connectivity index (χ4v) is 5.23. The van der Waals surface area contributed by atoms with Crippen molar-refractivity contribution in [2.24, 2.45) is 0 Å². The Morgan fingerprint density at radius 3 is 2.95 bits per heavy atom. The van der Waals surface area contributed by atoms with Crippen molar-refractivity contribution < 1.29 is 8.42 Å². The molecule has 0 saturated carbocycles. The van der Waals surface area contributed by atoms with E-state index in [1.807, 2.05) is 23.6 Å². The molecule has 20 heavy (non-hydrogen) atoms. The number of imidazole rings is 1. The highest BCUT2D eigenvalue weighted by Gasteiger charge is 2.42. The molecule has 0 bridgehead atoms. The van der Waals surface area contributed by atoms with Gasteiger partial charge in [-0.2, -0.15) is 0 Å². The zero-order valence-corrected chi connectivity index (χ0v) is 12.8. The normalized spacial score (nSPS) is 25.3. The molecule has 0 N–H and O–H groups in total. The lowest BCUT2D eigenvalue weighted by Gasteiger charge is -2.26. The standard InChI is InChI=1S/C13H16ClN3O2S/c1-13(5-8-20(18,19)9-13)17-11(4-6-14)16-10-3-2-7-15-12(10)17/h2-3,7H,4-6,8-9H2,1H3. The summed E-state index contributed by atoms with van der Waals surface area (Å²) in [5, 5.41) is 0. The van der Waals surface area contributed by atoms with Crippen LogP contribution >= 0.6 is 11.6 Å². The van der Waals surface area contributed by atoms with Gasteiger partial charge in [0, 0.05) is 18.5 Å². The highest BCUT2D eigenvalue weighted by molar-refractivity contribution is 7.91. The number of alkyl halides is 1. The fraction of sp³-hybridized carbons (Fsp3) is 0.538. The lowest BCUT2D eigenvalue weighted by atomic mass is 10.0. The largest absolute Gasteiger partial charge is 0.306 e. The van der Waals surface area contributed by atoms with Gasteiger partial charge in [-0.05, 0) is 25.5 Å². The number of aromatic nitrogens is 3. The van der Waals surface area contributed by atoms with Crippen molar-refractivity contribution in [3.63, 3.8) is 0 Å². The molecule has 0 aromatic carbocycles. The third-order valence-corrected chi connectivity index (χ3v) is 5.90. The molecule has 0 spiro atoms. The Bertz CT molecular complexity index is 756. The fourth-order valence-electron chi connectivity index (χ4n) is 2.95. The first kappa shape index (κ1) is 13.8. The molecular weight excluding hydrogens is 298 g/mol. The summed E-state index contributed by atoms with van der Waals surface area (Å²) in [6.45, 7) is 1.96. The van der Waals surface area contributed by atoms with Crippen molar-refractivity contribution in [1.82, 2.24) is 14.5 Å². The predicted molar refractivity (Wildman–Crippen MR) is 78.9 cm³/mol. The third-order valence-electron chi connectivity index (χ3n) is 3.83. The van der Waals surface area contributed by atoms with Crippen molar-refractivity contribution in [3.05, 3.63) is 24.2 Å². The molecule has 7 heteroatoms. The zero-order valence-electron chi connectivity index (χ0n) is 11.2. The molecule has 0 radical (unpaired) electrons. The van der Waals surface area contributed by atoms with Gasteiger partial charge >= 0.3 is 0 Å². The van der Waals surface area contributed by atoms with Gasteiger partial charge in [-0.25, -0.2) is 18.4 Å². The van der Waals surface area contributed by atoms with Crippen LogP contribution in [-0.2, 0) is 21.8 Å². The molecule has 1 aliphatic heterocycles. The smallest absolute Gasteiger partial charge is 0.160 e. The van der Waals surface area contributed by atoms with E-state index in [0.29, 0.717) is 18.7 Å². The highest BCUT2D eigenvalue weighted by Crippen LogP contribution is 2.34. The SMILES string of the molecule is CC1(n2c(CCCl)nc3cccnc32)CCS(=O)(=O)C1. The van der Waals surface area contributed by atoms with E-state index < -0.39 is 15.4 Å². The second kappa shape index (κ2) is 4.70. The van der Waals surface area contributed by atoms with Gasteiger partial charge in [0.1, 0.15) is 11.3 Å². The Labute approximate surface area is 122 Å². The lowest BCUT2D eigenvalue weighted by molar-refractivity contribution is 0.363. The van der Waals surface area contributed by atoms with E-state index in [1.165, 1.54) is 0 Å². The van der Waals surface area contributed by atoms with Crippen molar-refractivity contribution in [2.45, 2.75) is 25.3 Å². The van der Waals surface area contributed by atoms with E-state index in [2.05, 4.69) is 9.97 Å². The average Bonchev–Trinajstić information content (AvgIpc) is 2.88. The van der Waals surface area contributed by atoms with Crippen molar-refractivity contribution in [1.29, 1.82) is 0 Å². The van der Waals surface area contributed by atoms with Crippen LogP contribution in [0.3, 0.4) is 0 Å². The number of nitrogens with zero attached hydrogens (tertiary/aromatic N) is 3. The summed E-state index contributed by atoms with van der Waals surface area (Å²) >= 11 is 5.85. The van der Waals surface area contributed by atoms with E-state index in [1.54, 1.807) is 6.20 Å². The number of sulfone groups is 1. The van der Waals surface area contributed by atoms with Crippen LogP contribution in [0, 0.1) is 0 Å². The van der Waals surface area contributed by atoms with Gasteiger partial charge in [0.05, 0.1) is 17.0 Å². The summed E-state index contributed by atoms with van der Waals surface area (Å²) in [5.74, 6) is 1.62. The van der Waals surface area contributed by atoms with Crippen molar-refractivity contribution >= 4 is 32.6 Å². The minimum absolute atomic E-state index is 0.136. The van der Waals surface area contributed by atoms with Crippen LogP contribution in [0.25, 0.3) is 11.2 Å². The Hall–Kier alpha value is -1.14. The first-order chi connectivity index (χ1) is 9.45. The molecule has 1 fully saturated rings. The van der Waals surface area contributed by atoms with E-state index in [9.17, 15) is 8.42 Å². The van der Waals surface area contributed by atoms with Crippen molar-refractivity contribution in [2.75, 3.05) is 17.4 Å². The molecule has 2 aromatic rings. The highest BCUT2D eigenvalue weighted by atomic mass is 35.5. The molecular formula is C13H16ClN3O2S. The number of hydrogen-bond acceptors (Lipinski definition) is 4. The summed E-state index contributed by atoms with van der Waals surface area (Å²) in [6, 6.07) is 3.72. The maximum absolute atomic E-state index is 11.9. The van der Waals surface area contributed by atoms with Crippen LogP contribution in [0.4, 0.5) is 0 Å². The molecule has 3 heterocycles. The summed E-state index contributed by atoms with van der Waals surface area (Å²) in [4.78, 5) is 8.95. The monoisotopic (exact) mass is 313 g/mol. The minimum atomic E-state index is -2.99. The number of hydrogen-bond donors (Lipinski definition) is 0. The quantitative estimate of drug-likeness (QED) is 0.810. The molecule has 108 valence electrons. The predicted octanol–water partition coefficient (Wildman–Crippen LogP) is 1.75. The van der Waals surface area contributed by atoms with Crippen LogP contribution < -0.4 is 0 Å². The zero-order chi connectivity index (χ0) is 14.4. The first-order valence-corrected chi connectivity index (χ1v) is 8.90. The molecule has 5 nitrogen and oxygen atoms in total. The van der Waals surface area contributed by atoms with Gasteiger partial charge in [0.15, 0.2) is 15.5 Å².